The zero-order chi connectivity index (χ0) is 13.4. The van der Waals surface area contributed by atoms with Gasteiger partial charge in [-0.2, -0.15) is 0 Å². The van der Waals surface area contributed by atoms with Gasteiger partial charge in [-0.05, 0) is 30.5 Å². The van der Waals surface area contributed by atoms with Crippen LogP contribution in [0.3, 0.4) is 0 Å². The van der Waals surface area contributed by atoms with E-state index in [1.165, 1.54) is 0 Å². The third-order valence-electron chi connectivity index (χ3n) is 2.68. The molecule has 0 heterocycles. The predicted octanol–water partition coefficient (Wildman–Crippen LogP) is 2.58. The van der Waals surface area contributed by atoms with Gasteiger partial charge in [0.25, 0.3) is 0 Å². The summed E-state index contributed by atoms with van der Waals surface area (Å²) >= 11 is 0. The van der Waals surface area contributed by atoms with Crippen molar-refractivity contribution in [2.75, 3.05) is 6.54 Å². The normalized spacial score (nSPS) is 12.1. The molecule has 0 saturated heterocycles. The van der Waals surface area contributed by atoms with Crippen molar-refractivity contribution >= 4 is 5.91 Å². The molecule has 0 bridgehead atoms. The van der Waals surface area contributed by atoms with E-state index in [1.807, 2.05) is 6.92 Å². The number of carbonyl (C=O) groups excluding carboxylic acids is 1. The maximum absolute atomic E-state index is 13.1. The average molecular weight is 253 g/mol. The molecule has 1 unspecified atom stereocenters. The van der Waals surface area contributed by atoms with Crippen LogP contribution in [0, 0.1) is 0 Å². The molecule has 1 amide bonds. The quantitative estimate of drug-likeness (QED) is 0.784. The minimum Gasteiger partial charge on any atom is -0.508 e. The molecule has 3 nitrogen and oxygen atoms in total. The molecule has 1 aromatic rings. The van der Waals surface area contributed by atoms with Gasteiger partial charge in [0, 0.05) is 6.54 Å². The summed E-state index contributed by atoms with van der Waals surface area (Å²) in [6, 6.07) is 6.48. The van der Waals surface area contributed by atoms with Crippen LogP contribution >= 0.6 is 0 Å². The van der Waals surface area contributed by atoms with Gasteiger partial charge in [-0.15, -0.1) is 0 Å². The first-order chi connectivity index (χ1) is 8.61. The molecule has 0 radical (unpaired) electrons. The molecule has 0 aliphatic carbocycles. The second-order valence-corrected chi connectivity index (χ2v) is 4.37. The van der Waals surface area contributed by atoms with Crippen LogP contribution in [0.15, 0.2) is 24.3 Å². The van der Waals surface area contributed by atoms with Crippen LogP contribution in [0.4, 0.5) is 4.39 Å². The van der Waals surface area contributed by atoms with Gasteiger partial charge >= 0.3 is 0 Å². The predicted molar refractivity (Wildman–Crippen MR) is 69.2 cm³/mol. The summed E-state index contributed by atoms with van der Waals surface area (Å²) in [5, 5.41) is 11.8. The SMILES string of the molecule is CCCC(F)CCNC(=O)Cc1ccc(O)cc1. The molecule has 0 spiro atoms. The summed E-state index contributed by atoms with van der Waals surface area (Å²) in [6.45, 7) is 2.31. The van der Waals surface area contributed by atoms with Crippen LogP contribution in [0.5, 0.6) is 5.75 Å². The number of rotatable bonds is 7. The van der Waals surface area contributed by atoms with Gasteiger partial charge in [0.05, 0.1) is 6.42 Å². The fraction of sp³-hybridized carbons (Fsp3) is 0.500. The van der Waals surface area contributed by atoms with Crippen molar-refractivity contribution < 1.29 is 14.3 Å². The van der Waals surface area contributed by atoms with Gasteiger partial charge in [-0.1, -0.05) is 25.5 Å². The molecule has 2 N–H and O–H groups in total. The molecule has 0 aliphatic heterocycles. The Morgan fingerprint density at radius 2 is 2.00 bits per heavy atom. The van der Waals surface area contributed by atoms with Gasteiger partial charge in [0.15, 0.2) is 0 Å². The summed E-state index contributed by atoms with van der Waals surface area (Å²) in [5.41, 5.74) is 0.829. The first-order valence-electron chi connectivity index (χ1n) is 6.30. The largest absolute Gasteiger partial charge is 0.508 e. The lowest BCUT2D eigenvalue weighted by molar-refractivity contribution is -0.120. The number of halogens is 1. The van der Waals surface area contributed by atoms with Crippen molar-refractivity contribution in [1.29, 1.82) is 0 Å². The Morgan fingerprint density at radius 1 is 1.33 bits per heavy atom. The molecule has 18 heavy (non-hydrogen) atoms. The molecule has 100 valence electrons. The Kier molecular flexibility index (Phi) is 6.19. The van der Waals surface area contributed by atoms with Crippen LogP contribution in [-0.2, 0) is 11.2 Å². The number of phenolic OH excluding ortho intramolecular Hbond substituents is 1. The van der Waals surface area contributed by atoms with Crippen molar-refractivity contribution in [2.45, 2.75) is 38.8 Å². The molecule has 1 rings (SSSR count). The zero-order valence-corrected chi connectivity index (χ0v) is 10.7. The lowest BCUT2D eigenvalue weighted by Crippen LogP contribution is -2.27. The standard InChI is InChI=1S/C14H20FNO2/c1-2-3-12(15)8-9-16-14(18)10-11-4-6-13(17)7-5-11/h4-7,12,17H,2-3,8-10H2,1H3,(H,16,18). The number of hydrogen-bond acceptors (Lipinski definition) is 2. The van der Waals surface area contributed by atoms with E-state index >= 15 is 0 Å². The summed E-state index contributed by atoms with van der Waals surface area (Å²) in [4.78, 5) is 11.5. The molecule has 1 atom stereocenters. The van der Waals surface area contributed by atoms with Crippen molar-refractivity contribution in [1.82, 2.24) is 5.32 Å². The maximum Gasteiger partial charge on any atom is 0.224 e. The van der Waals surface area contributed by atoms with E-state index in [4.69, 9.17) is 5.11 Å². The van der Waals surface area contributed by atoms with Crippen molar-refractivity contribution in [3.63, 3.8) is 0 Å². The van der Waals surface area contributed by atoms with E-state index in [9.17, 15) is 9.18 Å². The zero-order valence-electron chi connectivity index (χ0n) is 10.7. The lowest BCUT2D eigenvalue weighted by atomic mass is 10.1. The summed E-state index contributed by atoms with van der Waals surface area (Å²) in [6.07, 6.45) is 1.17. The van der Waals surface area contributed by atoms with Crippen molar-refractivity contribution in [3.05, 3.63) is 29.8 Å². The van der Waals surface area contributed by atoms with E-state index in [0.29, 0.717) is 19.4 Å². The topological polar surface area (TPSA) is 49.3 Å². The van der Waals surface area contributed by atoms with E-state index in [-0.39, 0.29) is 18.1 Å². The van der Waals surface area contributed by atoms with E-state index in [1.54, 1.807) is 24.3 Å². The van der Waals surface area contributed by atoms with Crippen LogP contribution in [0.2, 0.25) is 0 Å². The molecule has 0 saturated carbocycles. The van der Waals surface area contributed by atoms with Gasteiger partial charge < -0.3 is 10.4 Å². The minimum atomic E-state index is -0.830. The maximum atomic E-state index is 13.1. The van der Waals surface area contributed by atoms with Crippen LogP contribution in [0.1, 0.15) is 31.7 Å². The summed E-state index contributed by atoms with van der Waals surface area (Å²) < 4.78 is 13.1. The molecule has 0 fully saturated rings. The first kappa shape index (κ1) is 14.5. The number of amides is 1. The highest BCUT2D eigenvalue weighted by atomic mass is 19.1. The van der Waals surface area contributed by atoms with Gasteiger partial charge in [0.2, 0.25) is 5.91 Å². The number of hydrogen-bond donors (Lipinski definition) is 2. The Balaban J connectivity index is 2.23. The van der Waals surface area contributed by atoms with Gasteiger partial charge in [-0.3, -0.25) is 4.79 Å². The van der Waals surface area contributed by atoms with E-state index in [2.05, 4.69) is 5.32 Å². The number of nitrogens with one attached hydrogen (secondary N) is 1. The number of alkyl halides is 1. The third kappa shape index (κ3) is 5.66. The Bertz CT molecular complexity index is 365. The van der Waals surface area contributed by atoms with Crippen molar-refractivity contribution in [2.24, 2.45) is 0 Å². The lowest BCUT2D eigenvalue weighted by Gasteiger charge is -2.08. The second kappa shape index (κ2) is 7.69. The number of carbonyl (C=O) groups is 1. The number of benzene rings is 1. The minimum absolute atomic E-state index is 0.121. The molecular formula is C14H20FNO2. The molecule has 4 heteroatoms. The summed E-state index contributed by atoms with van der Waals surface area (Å²) in [5.74, 6) is 0.0587. The summed E-state index contributed by atoms with van der Waals surface area (Å²) in [7, 11) is 0. The fourth-order valence-electron chi connectivity index (χ4n) is 1.69. The Hall–Kier alpha value is -1.58. The fourth-order valence-corrected chi connectivity index (χ4v) is 1.69. The molecule has 1 aromatic carbocycles. The van der Waals surface area contributed by atoms with Crippen LogP contribution in [0.25, 0.3) is 0 Å². The second-order valence-electron chi connectivity index (χ2n) is 4.37. The number of aromatic hydroxyl groups is 1. The van der Waals surface area contributed by atoms with Gasteiger partial charge in [0.1, 0.15) is 11.9 Å². The van der Waals surface area contributed by atoms with Crippen LogP contribution < -0.4 is 5.32 Å². The average Bonchev–Trinajstić information content (AvgIpc) is 2.32. The Morgan fingerprint density at radius 3 is 2.61 bits per heavy atom. The number of phenols is 1. The molecule has 0 aromatic heterocycles. The Labute approximate surface area is 107 Å². The molecule has 0 aliphatic rings. The van der Waals surface area contributed by atoms with Crippen LogP contribution in [-0.4, -0.2) is 23.7 Å². The van der Waals surface area contributed by atoms with Gasteiger partial charge in [-0.25, -0.2) is 4.39 Å². The molecular weight excluding hydrogens is 233 g/mol. The highest BCUT2D eigenvalue weighted by molar-refractivity contribution is 5.78. The highest BCUT2D eigenvalue weighted by Crippen LogP contribution is 2.10. The third-order valence-corrected chi connectivity index (χ3v) is 2.68. The van der Waals surface area contributed by atoms with E-state index in [0.717, 1.165) is 12.0 Å². The monoisotopic (exact) mass is 253 g/mol. The van der Waals surface area contributed by atoms with Crippen molar-refractivity contribution in [3.8, 4) is 5.75 Å². The smallest absolute Gasteiger partial charge is 0.224 e. The highest BCUT2D eigenvalue weighted by Gasteiger charge is 2.07. The first-order valence-corrected chi connectivity index (χ1v) is 6.30. The van der Waals surface area contributed by atoms with E-state index < -0.39 is 6.17 Å².